The second kappa shape index (κ2) is 8.73. The fourth-order valence-electron chi connectivity index (χ4n) is 2.17. The molecule has 0 aliphatic carbocycles. The Bertz CT molecular complexity index is 876. The molecule has 3 aromatic rings. The largest absolute Gasteiger partial charge is 0.341 e. The highest BCUT2D eigenvalue weighted by molar-refractivity contribution is 7.99. The topological polar surface area (TPSA) is 71.9 Å². The monoisotopic (exact) mass is 385 g/mol. The molecule has 0 bridgehead atoms. The van der Waals surface area contributed by atoms with Gasteiger partial charge in [0.2, 0.25) is 5.91 Å². The molecular weight excluding hydrogens is 370 g/mol. The standard InChI is InChI=1S/C18H16ClN5OS/c1-24(11-13-5-6-16(19)22-10-13)17(25)12-26-18-21-9-7-15(23-18)14-4-2-3-8-20-14/h2-10H,11-12H2,1H3. The molecule has 0 fully saturated rings. The number of hydrogen-bond acceptors (Lipinski definition) is 6. The van der Waals surface area contributed by atoms with E-state index in [0.29, 0.717) is 16.9 Å². The summed E-state index contributed by atoms with van der Waals surface area (Å²) in [7, 11) is 1.75. The average molecular weight is 386 g/mol. The normalized spacial score (nSPS) is 10.5. The lowest BCUT2D eigenvalue weighted by Gasteiger charge is -2.16. The molecular formula is C18H16ClN5OS. The molecule has 1 amide bonds. The smallest absolute Gasteiger partial charge is 0.233 e. The van der Waals surface area contributed by atoms with E-state index in [1.165, 1.54) is 11.8 Å². The molecule has 0 aromatic carbocycles. The number of hydrogen-bond donors (Lipinski definition) is 0. The Labute approximate surface area is 160 Å². The van der Waals surface area contributed by atoms with Crippen LogP contribution in [0.25, 0.3) is 11.4 Å². The van der Waals surface area contributed by atoms with Gasteiger partial charge >= 0.3 is 0 Å². The molecule has 3 rings (SSSR count). The molecule has 0 saturated heterocycles. The minimum Gasteiger partial charge on any atom is -0.341 e. The average Bonchev–Trinajstić information content (AvgIpc) is 2.68. The quantitative estimate of drug-likeness (QED) is 0.368. The number of amides is 1. The second-order valence-electron chi connectivity index (χ2n) is 5.47. The minimum absolute atomic E-state index is 0.0169. The van der Waals surface area contributed by atoms with Crippen LogP contribution in [-0.2, 0) is 11.3 Å². The van der Waals surface area contributed by atoms with Gasteiger partial charge in [-0.15, -0.1) is 0 Å². The maximum atomic E-state index is 12.3. The van der Waals surface area contributed by atoms with Gasteiger partial charge in [0.05, 0.1) is 17.1 Å². The first-order chi connectivity index (χ1) is 12.6. The number of halogens is 1. The molecule has 3 heterocycles. The van der Waals surface area contributed by atoms with E-state index >= 15 is 0 Å². The summed E-state index contributed by atoms with van der Waals surface area (Å²) >= 11 is 7.07. The van der Waals surface area contributed by atoms with Crippen LogP contribution in [0.4, 0.5) is 0 Å². The van der Waals surface area contributed by atoms with E-state index < -0.39 is 0 Å². The number of carbonyl (C=O) groups is 1. The zero-order valence-electron chi connectivity index (χ0n) is 14.0. The molecule has 8 heteroatoms. The minimum atomic E-state index is -0.0169. The first kappa shape index (κ1) is 18.3. The van der Waals surface area contributed by atoms with Gasteiger partial charge < -0.3 is 4.90 Å². The third kappa shape index (κ3) is 5.00. The molecule has 0 aliphatic rings. The van der Waals surface area contributed by atoms with Crippen molar-refractivity contribution in [1.82, 2.24) is 24.8 Å². The van der Waals surface area contributed by atoms with Crippen molar-refractivity contribution in [1.29, 1.82) is 0 Å². The van der Waals surface area contributed by atoms with Gasteiger partial charge in [-0.3, -0.25) is 9.78 Å². The van der Waals surface area contributed by atoms with E-state index in [1.807, 2.05) is 24.3 Å². The van der Waals surface area contributed by atoms with Gasteiger partial charge in [0.25, 0.3) is 0 Å². The van der Waals surface area contributed by atoms with Crippen molar-refractivity contribution in [2.75, 3.05) is 12.8 Å². The molecule has 0 unspecified atom stereocenters. The van der Waals surface area contributed by atoms with Crippen molar-refractivity contribution >= 4 is 29.3 Å². The van der Waals surface area contributed by atoms with Crippen molar-refractivity contribution in [2.45, 2.75) is 11.7 Å². The predicted molar refractivity (Wildman–Crippen MR) is 102 cm³/mol. The molecule has 26 heavy (non-hydrogen) atoms. The van der Waals surface area contributed by atoms with E-state index in [1.54, 1.807) is 42.7 Å². The van der Waals surface area contributed by atoms with Crippen LogP contribution in [0.5, 0.6) is 0 Å². The number of carbonyl (C=O) groups excluding carboxylic acids is 1. The zero-order valence-corrected chi connectivity index (χ0v) is 15.6. The Balaban J connectivity index is 1.58. The fraction of sp³-hybridized carbons (Fsp3) is 0.167. The van der Waals surface area contributed by atoms with Crippen molar-refractivity contribution in [3.05, 3.63) is 65.7 Å². The Morgan fingerprint density at radius 3 is 2.69 bits per heavy atom. The number of aromatic nitrogens is 4. The summed E-state index contributed by atoms with van der Waals surface area (Å²) in [5.41, 5.74) is 2.43. The maximum absolute atomic E-state index is 12.3. The maximum Gasteiger partial charge on any atom is 0.233 e. The van der Waals surface area contributed by atoms with E-state index in [-0.39, 0.29) is 11.7 Å². The van der Waals surface area contributed by atoms with Crippen LogP contribution in [0.3, 0.4) is 0 Å². The lowest BCUT2D eigenvalue weighted by atomic mass is 10.3. The second-order valence-corrected chi connectivity index (χ2v) is 6.80. The van der Waals surface area contributed by atoms with Crippen LogP contribution in [0, 0.1) is 0 Å². The number of pyridine rings is 2. The first-order valence-corrected chi connectivity index (χ1v) is 9.20. The van der Waals surface area contributed by atoms with Gasteiger partial charge in [-0.05, 0) is 29.8 Å². The lowest BCUT2D eigenvalue weighted by Crippen LogP contribution is -2.27. The molecule has 3 aromatic heterocycles. The molecule has 0 N–H and O–H groups in total. The summed E-state index contributed by atoms with van der Waals surface area (Å²) < 4.78 is 0. The molecule has 0 atom stereocenters. The van der Waals surface area contributed by atoms with Crippen LogP contribution in [0.2, 0.25) is 5.15 Å². The highest BCUT2D eigenvalue weighted by Crippen LogP contribution is 2.18. The van der Waals surface area contributed by atoms with Crippen molar-refractivity contribution < 1.29 is 4.79 Å². The highest BCUT2D eigenvalue weighted by atomic mass is 35.5. The van der Waals surface area contributed by atoms with E-state index in [2.05, 4.69) is 19.9 Å². The fourth-order valence-corrected chi connectivity index (χ4v) is 3.05. The highest BCUT2D eigenvalue weighted by Gasteiger charge is 2.12. The zero-order chi connectivity index (χ0) is 18.4. The summed E-state index contributed by atoms with van der Waals surface area (Å²) in [4.78, 5) is 30.9. The van der Waals surface area contributed by atoms with Crippen molar-refractivity contribution in [2.24, 2.45) is 0 Å². The molecule has 0 aliphatic heterocycles. The third-order valence-corrected chi connectivity index (χ3v) is 4.59. The summed E-state index contributed by atoms with van der Waals surface area (Å²) in [6, 6.07) is 11.0. The lowest BCUT2D eigenvalue weighted by molar-refractivity contribution is -0.127. The third-order valence-electron chi connectivity index (χ3n) is 3.52. The summed E-state index contributed by atoms with van der Waals surface area (Å²) in [6.45, 7) is 0.471. The number of nitrogens with zero attached hydrogens (tertiary/aromatic N) is 5. The molecule has 132 valence electrons. The molecule has 6 nitrogen and oxygen atoms in total. The van der Waals surface area contributed by atoms with E-state index in [4.69, 9.17) is 11.6 Å². The van der Waals surface area contributed by atoms with E-state index in [9.17, 15) is 4.79 Å². The number of rotatable bonds is 6. The summed E-state index contributed by atoms with van der Waals surface area (Å²) in [6.07, 6.45) is 5.06. The van der Waals surface area contributed by atoms with Gasteiger partial charge in [-0.2, -0.15) is 0 Å². The Hall–Kier alpha value is -2.51. The Morgan fingerprint density at radius 1 is 1.08 bits per heavy atom. The predicted octanol–water partition coefficient (Wildman–Crippen LogP) is 3.34. The van der Waals surface area contributed by atoms with Crippen LogP contribution >= 0.6 is 23.4 Å². The molecule has 0 spiro atoms. The van der Waals surface area contributed by atoms with Crippen LogP contribution < -0.4 is 0 Å². The first-order valence-electron chi connectivity index (χ1n) is 7.83. The summed E-state index contributed by atoms with van der Waals surface area (Å²) in [5.74, 6) is 0.236. The van der Waals surface area contributed by atoms with Crippen LogP contribution in [0.15, 0.2) is 60.1 Å². The summed E-state index contributed by atoms with van der Waals surface area (Å²) in [5, 5.41) is 0.978. The van der Waals surface area contributed by atoms with E-state index in [0.717, 1.165) is 17.0 Å². The van der Waals surface area contributed by atoms with Gasteiger partial charge in [0.15, 0.2) is 5.16 Å². The number of thioether (sulfide) groups is 1. The SMILES string of the molecule is CN(Cc1ccc(Cl)nc1)C(=O)CSc1nccc(-c2ccccn2)n1. The van der Waals surface area contributed by atoms with Crippen molar-refractivity contribution in [3.8, 4) is 11.4 Å². The van der Waals surface area contributed by atoms with Gasteiger partial charge in [-0.25, -0.2) is 15.0 Å². The van der Waals surface area contributed by atoms with Gasteiger partial charge in [0, 0.05) is 32.2 Å². The van der Waals surface area contributed by atoms with Crippen LogP contribution in [0.1, 0.15) is 5.56 Å². The Morgan fingerprint density at radius 2 is 1.96 bits per heavy atom. The van der Waals surface area contributed by atoms with Crippen molar-refractivity contribution in [3.63, 3.8) is 0 Å². The molecule has 0 saturated carbocycles. The van der Waals surface area contributed by atoms with Gasteiger partial charge in [-0.1, -0.05) is 35.5 Å². The Kier molecular flexibility index (Phi) is 6.14. The molecule has 0 radical (unpaired) electrons. The van der Waals surface area contributed by atoms with Gasteiger partial charge in [0.1, 0.15) is 5.15 Å². The van der Waals surface area contributed by atoms with Crippen LogP contribution in [-0.4, -0.2) is 43.5 Å².